The Balaban J connectivity index is 2.63. The standard InChI is InChI=1S/C13H26N2O2/c1-11(2)9-15(7-8-17-4)12(16)13(3)5-6-14-10-13/h11,14H,5-10H2,1-4H3. The Labute approximate surface area is 105 Å². The number of amides is 1. The lowest BCUT2D eigenvalue weighted by Gasteiger charge is -2.32. The third-order valence-electron chi connectivity index (χ3n) is 3.32. The van der Waals surface area contributed by atoms with Gasteiger partial charge in [-0.15, -0.1) is 0 Å². The average Bonchev–Trinajstić information content (AvgIpc) is 2.71. The highest BCUT2D eigenvalue weighted by molar-refractivity contribution is 5.83. The fraction of sp³-hybridized carbons (Fsp3) is 0.923. The topological polar surface area (TPSA) is 41.6 Å². The highest BCUT2D eigenvalue weighted by atomic mass is 16.5. The molecule has 1 N–H and O–H groups in total. The molecule has 1 amide bonds. The number of ether oxygens (including phenoxy) is 1. The monoisotopic (exact) mass is 242 g/mol. The number of nitrogens with one attached hydrogen (secondary N) is 1. The van der Waals surface area contributed by atoms with E-state index >= 15 is 0 Å². The van der Waals surface area contributed by atoms with Crippen LogP contribution in [0.4, 0.5) is 0 Å². The van der Waals surface area contributed by atoms with Gasteiger partial charge in [0.05, 0.1) is 12.0 Å². The Morgan fingerprint density at radius 1 is 1.53 bits per heavy atom. The summed E-state index contributed by atoms with van der Waals surface area (Å²) in [6.45, 7) is 10.2. The molecule has 100 valence electrons. The molecule has 0 aliphatic carbocycles. The van der Waals surface area contributed by atoms with Gasteiger partial charge in [-0.05, 0) is 25.8 Å². The smallest absolute Gasteiger partial charge is 0.229 e. The molecule has 0 aromatic heterocycles. The maximum absolute atomic E-state index is 12.5. The molecule has 0 saturated carbocycles. The predicted octanol–water partition coefficient (Wildman–Crippen LogP) is 1.12. The SMILES string of the molecule is COCCN(CC(C)C)C(=O)C1(C)CCNC1. The van der Waals surface area contributed by atoms with E-state index in [9.17, 15) is 4.79 Å². The molecule has 0 aromatic rings. The van der Waals surface area contributed by atoms with Gasteiger partial charge in [0.15, 0.2) is 0 Å². The molecule has 0 spiro atoms. The molecule has 1 saturated heterocycles. The van der Waals surface area contributed by atoms with Crippen LogP contribution in [0.15, 0.2) is 0 Å². The van der Waals surface area contributed by atoms with Gasteiger partial charge in [0.25, 0.3) is 0 Å². The van der Waals surface area contributed by atoms with Crippen LogP contribution in [0, 0.1) is 11.3 Å². The van der Waals surface area contributed by atoms with Crippen LogP contribution in [-0.4, -0.2) is 50.7 Å². The van der Waals surface area contributed by atoms with E-state index in [0.29, 0.717) is 19.1 Å². The number of methoxy groups -OCH3 is 1. The number of carbonyl (C=O) groups is 1. The minimum atomic E-state index is -0.220. The third-order valence-corrected chi connectivity index (χ3v) is 3.32. The molecular weight excluding hydrogens is 216 g/mol. The first-order valence-corrected chi connectivity index (χ1v) is 6.48. The van der Waals surface area contributed by atoms with Crippen LogP contribution in [-0.2, 0) is 9.53 Å². The molecule has 0 bridgehead atoms. The van der Waals surface area contributed by atoms with Gasteiger partial charge in [-0.1, -0.05) is 13.8 Å². The van der Waals surface area contributed by atoms with Crippen molar-refractivity contribution in [1.82, 2.24) is 10.2 Å². The molecule has 4 heteroatoms. The second kappa shape index (κ2) is 6.36. The molecular formula is C13H26N2O2. The van der Waals surface area contributed by atoms with Gasteiger partial charge < -0.3 is 15.0 Å². The Hall–Kier alpha value is -0.610. The van der Waals surface area contributed by atoms with Crippen LogP contribution >= 0.6 is 0 Å². The molecule has 1 rings (SSSR count). The third kappa shape index (κ3) is 3.96. The van der Waals surface area contributed by atoms with Crippen molar-refractivity contribution in [2.75, 3.05) is 39.9 Å². The zero-order valence-corrected chi connectivity index (χ0v) is 11.6. The van der Waals surface area contributed by atoms with Crippen molar-refractivity contribution in [3.8, 4) is 0 Å². The molecule has 17 heavy (non-hydrogen) atoms. The van der Waals surface area contributed by atoms with Gasteiger partial charge in [-0.2, -0.15) is 0 Å². The zero-order chi connectivity index (χ0) is 12.9. The van der Waals surface area contributed by atoms with E-state index in [1.54, 1.807) is 7.11 Å². The van der Waals surface area contributed by atoms with Crippen molar-refractivity contribution < 1.29 is 9.53 Å². The first-order chi connectivity index (χ1) is 7.99. The van der Waals surface area contributed by atoms with Crippen LogP contribution in [0.2, 0.25) is 0 Å². The van der Waals surface area contributed by atoms with Gasteiger partial charge in [0.1, 0.15) is 0 Å². The maximum Gasteiger partial charge on any atom is 0.229 e. The number of hydrogen-bond acceptors (Lipinski definition) is 3. The van der Waals surface area contributed by atoms with Crippen LogP contribution < -0.4 is 5.32 Å². The largest absolute Gasteiger partial charge is 0.383 e. The lowest BCUT2D eigenvalue weighted by Crippen LogP contribution is -2.46. The number of nitrogens with zero attached hydrogens (tertiary/aromatic N) is 1. The minimum absolute atomic E-state index is 0.220. The molecule has 1 unspecified atom stereocenters. The van der Waals surface area contributed by atoms with Crippen molar-refractivity contribution in [2.24, 2.45) is 11.3 Å². The van der Waals surface area contributed by atoms with Crippen LogP contribution in [0.3, 0.4) is 0 Å². The molecule has 1 aliphatic rings. The van der Waals surface area contributed by atoms with Gasteiger partial charge >= 0.3 is 0 Å². The van der Waals surface area contributed by atoms with E-state index in [1.807, 2.05) is 4.90 Å². The summed E-state index contributed by atoms with van der Waals surface area (Å²) in [5.74, 6) is 0.766. The molecule has 4 nitrogen and oxygen atoms in total. The second-order valence-corrected chi connectivity index (χ2v) is 5.63. The summed E-state index contributed by atoms with van der Waals surface area (Å²) in [5.41, 5.74) is -0.220. The van der Waals surface area contributed by atoms with Crippen LogP contribution in [0.1, 0.15) is 27.2 Å². The van der Waals surface area contributed by atoms with E-state index in [4.69, 9.17) is 4.74 Å². The van der Waals surface area contributed by atoms with Gasteiger partial charge in [0.2, 0.25) is 5.91 Å². The first-order valence-electron chi connectivity index (χ1n) is 6.48. The first kappa shape index (κ1) is 14.5. The predicted molar refractivity (Wildman–Crippen MR) is 68.9 cm³/mol. The van der Waals surface area contributed by atoms with Crippen molar-refractivity contribution in [3.63, 3.8) is 0 Å². The van der Waals surface area contributed by atoms with E-state index < -0.39 is 0 Å². The van der Waals surface area contributed by atoms with E-state index in [2.05, 4.69) is 26.1 Å². The summed E-state index contributed by atoms with van der Waals surface area (Å²) in [5, 5.41) is 3.28. The maximum atomic E-state index is 12.5. The molecule has 1 atom stereocenters. The van der Waals surface area contributed by atoms with Gasteiger partial charge in [-0.3, -0.25) is 4.79 Å². The zero-order valence-electron chi connectivity index (χ0n) is 11.6. The Bertz CT molecular complexity index is 248. The van der Waals surface area contributed by atoms with E-state index in [0.717, 1.165) is 26.1 Å². The van der Waals surface area contributed by atoms with Crippen molar-refractivity contribution in [2.45, 2.75) is 27.2 Å². The average molecular weight is 242 g/mol. The quantitative estimate of drug-likeness (QED) is 0.759. The van der Waals surface area contributed by atoms with E-state index in [-0.39, 0.29) is 11.3 Å². The molecule has 1 fully saturated rings. The number of hydrogen-bond donors (Lipinski definition) is 1. The van der Waals surface area contributed by atoms with Crippen LogP contribution in [0.5, 0.6) is 0 Å². The second-order valence-electron chi connectivity index (χ2n) is 5.63. The Morgan fingerprint density at radius 2 is 2.24 bits per heavy atom. The van der Waals surface area contributed by atoms with Crippen molar-refractivity contribution in [1.29, 1.82) is 0 Å². The molecule has 0 aromatic carbocycles. The van der Waals surface area contributed by atoms with Crippen LogP contribution in [0.25, 0.3) is 0 Å². The fourth-order valence-corrected chi connectivity index (χ4v) is 2.30. The van der Waals surface area contributed by atoms with Crippen molar-refractivity contribution >= 4 is 5.91 Å². The van der Waals surface area contributed by atoms with Gasteiger partial charge in [0, 0.05) is 26.7 Å². The summed E-state index contributed by atoms with van der Waals surface area (Å²) in [6.07, 6.45) is 0.938. The van der Waals surface area contributed by atoms with Crippen molar-refractivity contribution in [3.05, 3.63) is 0 Å². The highest BCUT2D eigenvalue weighted by Crippen LogP contribution is 2.27. The highest BCUT2D eigenvalue weighted by Gasteiger charge is 2.39. The summed E-state index contributed by atoms with van der Waals surface area (Å²) in [6, 6.07) is 0. The summed E-state index contributed by atoms with van der Waals surface area (Å²) >= 11 is 0. The number of rotatable bonds is 6. The normalized spacial score (nSPS) is 24.3. The summed E-state index contributed by atoms with van der Waals surface area (Å²) < 4.78 is 5.09. The lowest BCUT2D eigenvalue weighted by molar-refractivity contribution is -0.141. The minimum Gasteiger partial charge on any atom is -0.383 e. The summed E-state index contributed by atoms with van der Waals surface area (Å²) in [4.78, 5) is 14.5. The fourth-order valence-electron chi connectivity index (χ4n) is 2.30. The van der Waals surface area contributed by atoms with Gasteiger partial charge in [-0.25, -0.2) is 0 Å². The number of carbonyl (C=O) groups excluding carboxylic acids is 1. The lowest BCUT2D eigenvalue weighted by atomic mass is 9.88. The molecule has 1 aliphatic heterocycles. The molecule has 1 heterocycles. The molecule has 0 radical (unpaired) electrons. The summed E-state index contributed by atoms with van der Waals surface area (Å²) in [7, 11) is 1.68. The Morgan fingerprint density at radius 3 is 2.71 bits per heavy atom. The Kier molecular flexibility index (Phi) is 5.40. The van der Waals surface area contributed by atoms with E-state index in [1.165, 1.54) is 0 Å².